The third kappa shape index (κ3) is 3.64. The summed E-state index contributed by atoms with van der Waals surface area (Å²) in [4.78, 5) is 22.6. The van der Waals surface area contributed by atoms with Crippen LogP contribution in [0.5, 0.6) is 0 Å². The number of carboxylic acids is 1. The van der Waals surface area contributed by atoms with Crippen LogP contribution in [-0.4, -0.2) is 23.0 Å². The summed E-state index contributed by atoms with van der Waals surface area (Å²) in [6.07, 6.45) is 1.63. The largest absolute Gasteiger partial charge is 0.481 e. The van der Waals surface area contributed by atoms with Crippen LogP contribution < -0.4 is 5.32 Å². The van der Waals surface area contributed by atoms with E-state index in [0.29, 0.717) is 36.3 Å². The normalized spacial score (nSPS) is 19.5. The van der Waals surface area contributed by atoms with Gasteiger partial charge in [0, 0.05) is 18.9 Å². The van der Waals surface area contributed by atoms with Crippen LogP contribution in [0, 0.1) is 11.7 Å². The summed E-state index contributed by atoms with van der Waals surface area (Å²) in [5.74, 6) is -0.588. The number of nitrogens with one attached hydrogen (secondary N) is 1. The molecule has 0 saturated heterocycles. The minimum atomic E-state index is -0.809. The molecule has 0 bridgehead atoms. The van der Waals surface area contributed by atoms with E-state index in [4.69, 9.17) is 9.52 Å². The summed E-state index contributed by atoms with van der Waals surface area (Å²) in [5.41, 5.74) is 0.391. The molecule has 1 aliphatic carbocycles. The van der Waals surface area contributed by atoms with Crippen molar-refractivity contribution in [1.82, 2.24) is 5.32 Å². The number of halogens is 1. The Bertz CT molecular complexity index is 749. The highest BCUT2D eigenvalue weighted by Crippen LogP contribution is 2.28. The molecule has 1 aliphatic rings. The maximum Gasteiger partial charge on any atom is 0.306 e. The van der Waals surface area contributed by atoms with E-state index in [1.165, 1.54) is 6.07 Å². The second-order valence-corrected chi connectivity index (χ2v) is 6.02. The maximum absolute atomic E-state index is 13.7. The molecule has 0 atom stereocenters. The van der Waals surface area contributed by atoms with Crippen molar-refractivity contribution in [2.45, 2.75) is 31.7 Å². The van der Waals surface area contributed by atoms with Gasteiger partial charge in [0.2, 0.25) is 5.91 Å². The number of carboxylic acid groups (broad SMARTS) is 1. The standard InChI is InChI=1S/C18H18FNO4/c19-15-4-2-1-3-14(15)16-7-5-13(24-16)6-8-17(21)20-12-9-11(10-12)18(22)23/h1-5,7,11-12H,6,8-10H2,(H,20,21)(H,22,23). The monoisotopic (exact) mass is 331 g/mol. The lowest BCUT2D eigenvalue weighted by Gasteiger charge is -2.32. The van der Waals surface area contributed by atoms with Crippen LogP contribution in [0.25, 0.3) is 11.3 Å². The Labute approximate surface area is 138 Å². The molecule has 3 rings (SSSR count). The second-order valence-electron chi connectivity index (χ2n) is 6.02. The maximum atomic E-state index is 13.7. The molecule has 0 spiro atoms. The molecule has 24 heavy (non-hydrogen) atoms. The third-order valence-electron chi connectivity index (χ3n) is 4.25. The lowest BCUT2D eigenvalue weighted by atomic mass is 9.80. The quantitative estimate of drug-likeness (QED) is 0.853. The highest BCUT2D eigenvalue weighted by Gasteiger charge is 2.35. The van der Waals surface area contributed by atoms with Crippen molar-refractivity contribution in [2.75, 3.05) is 0 Å². The summed E-state index contributed by atoms with van der Waals surface area (Å²) in [5, 5.41) is 11.6. The first-order valence-corrected chi connectivity index (χ1v) is 7.88. The predicted molar refractivity (Wildman–Crippen MR) is 84.7 cm³/mol. The van der Waals surface area contributed by atoms with Gasteiger partial charge in [-0.2, -0.15) is 0 Å². The van der Waals surface area contributed by atoms with Gasteiger partial charge in [-0.3, -0.25) is 9.59 Å². The summed E-state index contributed by atoms with van der Waals surface area (Å²) >= 11 is 0. The van der Waals surface area contributed by atoms with Gasteiger partial charge in [0.15, 0.2) is 0 Å². The van der Waals surface area contributed by atoms with Crippen LogP contribution in [0.1, 0.15) is 25.0 Å². The van der Waals surface area contributed by atoms with Crippen molar-refractivity contribution in [1.29, 1.82) is 0 Å². The minimum absolute atomic E-state index is 0.0517. The van der Waals surface area contributed by atoms with E-state index in [1.54, 1.807) is 30.3 Å². The Hall–Kier alpha value is -2.63. The number of aliphatic carboxylic acids is 1. The molecule has 1 aromatic heterocycles. The first kappa shape index (κ1) is 16.2. The number of furan rings is 1. The van der Waals surface area contributed by atoms with E-state index in [-0.39, 0.29) is 30.1 Å². The van der Waals surface area contributed by atoms with E-state index in [9.17, 15) is 14.0 Å². The molecule has 2 N–H and O–H groups in total. The van der Waals surface area contributed by atoms with Gasteiger partial charge in [0.25, 0.3) is 0 Å². The van der Waals surface area contributed by atoms with Gasteiger partial charge < -0.3 is 14.8 Å². The molecule has 0 radical (unpaired) electrons. The first-order valence-electron chi connectivity index (χ1n) is 7.88. The Morgan fingerprint density at radius 2 is 1.96 bits per heavy atom. The lowest BCUT2D eigenvalue weighted by molar-refractivity contribution is -0.146. The minimum Gasteiger partial charge on any atom is -0.481 e. The van der Waals surface area contributed by atoms with E-state index in [1.807, 2.05) is 0 Å². The number of rotatable bonds is 6. The number of hydrogen-bond donors (Lipinski definition) is 2. The summed E-state index contributed by atoms with van der Waals surface area (Å²) in [6.45, 7) is 0. The highest BCUT2D eigenvalue weighted by molar-refractivity contribution is 5.77. The fourth-order valence-electron chi connectivity index (χ4n) is 2.79. The van der Waals surface area contributed by atoms with Crippen molar-refractivity contribution in [3.8, 4) is 11.3 Å². The zero-order valence-corrected chi connectivity index (χ0v) is 13.0. The van der Waals surface area contributed by atoms with Crippen molar-refractivity contribution < 1.29 is 23.5 Å². The van der Waals surface area contributed by atoms with Crippen LogP contribution in [-0.2, 0) is 16.0 Å². The van der Waals surface area contributed by atoms with Gasteiger partial charge in [0.05, 0.1) is 11.5 Å². The molecule has 1 fully saturated rings. The van der Waals surface area contributed by atoms with E-state index < -0.39 is 5.97 Å². The van der Waals surface area contributed by atoms with E-state index in [2.05, 4.69) is 5.32 Å². The molecular weight excluding hydrogens is 313 g/mol. The Kier molecular flexibility index (Phi) is 4.64. The van der Waals surface area contributed by atoms with Gasteiger partial charge in [-0.1, -0.05) is 12.1 Å². The Morgan fingerprint density at radius 1 is 1.21 bits per heavy atom. The zero-order valence-electron chi connectivity index (χ0n) is 13.0. The van der Waals surface area contributed by atoms with Crippen LogP contribution >= 0.6 is 0 Å². The SMILES string of the molecule is O=C(CCc1ccc(-c2ccccc2F)o1)NC1CC(C(=O)O)C1. The topological polar surface area (TPSA) is 79.5 Å². The molecule has 1 aromatic carbocycles. The smallest absolute Gasteiger partial charge is 0.306 e. The number of carbonyl (C=O) groups excluding carboxylic acids is 1. The molecule has 2 aromatic rings. The molecule has 1 heterocycles. The summed E-state index contributed by atoms with van der Waals surface area (Å²) in [6, 6.07) is 9.73. The average molecular weight is 331 g/mol. The molecule has 1 saturated carbocycles. The second kappa shape index (κ2) is 6.86. The van der Waals surface area contributed by atoms with Gasteiger partial charge in [-0.05, 0) is 37.1 Å². The van der Waals surface area contributed by atoms with Crippen molar-refractivity contribution >= 4 is 11.9 Å². The Morgan fingerprint density at radius 3 is 2.67 bits per heavy atom. The van der Waals surface area contributed by atoms with Crippen molar-refractivity contribution in [3.05, 3.63) is 48.0 Å². The van der Waals surface area contributed by atoms with Gasteiger partial charge in [0.1, 0.15) is 17.3 Å². The third-order valence-corrected chi connectivity index (χ3v) is 4.25. The van der Waals surface area contributed by atoms with Gasteiger partial charge in [-0.15, -0.1) is 0 Å². The number of amides is 1. The van der Waals surface area contributed by atoms with Crippen LogP contribution in [0.2, 0.25) is 0 Å². The van der Waals surface area contributed by atoms with Gasteiger partial charge >= 0.3 is 5.97 Å². The Balaban J connectivity index is 1.48. The fraction of sp³-hybridized carbons (Fsp3) is 0.333. The summed E-state index contributed by atoms with van der Waals surface area (Å²) < 4.78 is 19.3. The fourth-order valence-corrected chi connectivity index (χ4v) is 2.79. The highest BCUT2D eigenvalue weighted by atomic mass is 19.1. The number of carbonyl (C=O) groups is 2. The molecule has 1 amide bonds. The van der Waals surface area contributed by atoms with Crippen molar-refractivity contribution in [2.24, 2.45) is 5.92 Å². The summed E-state index contributed by atoms with van der Waals surface area (Å²) in [7, 11) is 0. The van der Waals surface area contributed by atoms with E-state index >= 15 is 0 Å². The first-order chi connectivity index (χ1) is 11.5. The molecule has 126 valence electrons. The molecular formula is C18H18FNO4. The molecule has 0 aliphatic heterocycles. The number of benzene rings is 1. The van der Waals surface area contributed by atoms with E-state index in [0.717, 1.165) is 0 Å². The predicted octanol–water partition coefficient (Wildman–Crippen LogP) is 3.00. The lowest BCUT2D eigenvalue weighted by Crippen LogP contribution is -2.46. The number of hydrogen-bond acceptors (Lipinski definition) is 3. The van der Waals surface area contributed by atoms with Crippen LogP contribution in [0.3, 0.4) is 0 Å². The molecule has 0 unspecified atom stereocenters. The zero-order chi connectivity index (χ0) is 17.1. The molecule has 6 heteroatoms. The van der Waals surface area contributed by atoms with Gasteiger partial charge in [-0.25, -0.2) is 4.39 Å². The molecule has 5 nitrogen and oxygen atoms in total. The average Bonchev–Trinajstić information content (AvgIpc) is 2.97. The van der Waals surface area contributed by atoms with Crippen LogP contribution in [0.15, 0.2) is 40.8 Å². The van der Waals surface area contributed by atoms with Crippen LogP contribution in [0.4, 0.5) is 4.39 Å². The number of aryl methyl sites for hydroxylation is 1. The van der Waals surface area contributed by atoms with Crippen molar-refractivity contribution in [3.63, 3.8) is 0 Å².